The third-order valence-corrected chi connectivity index (χ3v) is 4.88. The number of sulfone groups is 1. The van der Waals surface area contributed by atoms with Crippen LogP contribution >= 0.6 is 24.0 Å². The van der Waals surface area contributed by atoms with Crippen molar-refractivity contribution in [2.45, 2.75) is 18.4 Å². The van der Waals surface area contributed by atoms with E-state index in [-0.39, 0.29) is 28.9 Å². The van der Waals surface area contributed by atoms with E-state index >= 15 is 0 Å². The van der Waals surface area contributed by atoms with Crippen LogP contribution in [-0.2, 0) is 23.4 Å². The Labute approximate surface area is 183 Å². The number of aromatic nitrogens is 2. The van der Waals surface area contributed by atoms with Crippen LogP contribution in [0.4, 0.5) is 0 Å². The molecule has 8 nitrogen and oxygen atoms in total. The highest BCUT2D eigenvalue weighted by Crippen LogP contribution is 2.15. The first-order chi connectivity index (χ1) is 12.8. The van der Waals surface area contributed by atoms with E-state index in [1.165, 1.54) is 6.26 Å². The third kappa shape index (κ3) is 7.66. The zero-order valence-electron chi connectivity index (χ0n) is 16.6. The Morgan fingerprint density at radius 1 is 1.32 bits per heavy atom. The SMILES string of the molecule is CCNC(=NCCOc1ccc(S(C)(=O)=O)cc1)N(C)Cc1cnn(C)c1.I. The molecule has 0 amide bonds. The topological polar surface area (TPSA) is 88.8 Å². The zero-order chi connectivity index (χ0) is 19.9. The number of halogens is 1. The molecule has 0 aliphatic heterocycles. The number of aryl methyl sites for hydroxylation is 1. The fourth-order valence-electron chi connectivity index (χ4n) is 2.47. The van der Waals surface area contributed by atoms with Crippen molar-refractivity contribution in [3.8, 4) is 5.75 Å². The van der Waals surface area contributed by atoms with Crippen LogP contribution in [0.15, 0.2) is 46.5 Å². The third-order valence-electron chi connectivity index (χ3n) is 3.75. The minimum atomic E-state index is -3.19. The number of nitrogens with zero attached hydrogens (tertiary/aromatic N) is 4. The predicted molar refractivity (Wildman–Crippen MR) is 121 cm³/mol. The molecule has 0 bridgehead atoms. The number of nitrogens with one attached hydrogen (secondary N) is 1. The Morgan fingerprint density at radius 2 is 2.00 bits per heavy atom. The predicted octanol–water partition coefficient (Wildman–Crippen LogP) is 1.92. The molecule has 0 saturated heterocycles. The van der Waals surface area contributed by atoms with Gasteiger partial charge in [0.2, 0.25) is 0 Å². The summed E-state index contributed by atoms with van der Waals surface area (Å²) in [5.41, 5.74) is 1.10. The molecule has 0 unspecified atom stereocenters. The summed E-state index contributed by atoms with van der Waals surface area (Å²) in [7, 11) is 0.670. The van der Waals surface area contributed by atoms with Gasteiger partial charge in [-0.25, -0.2) is 13.4 Å². The van der Waals surface area contributed by atoms with Crippen LogP contribution < -0.4 is 10.1 Å². The lowest BCUT2D eigenvalue weighted by Crippen LogP contribution is -2.38. The summed E-state index contributed by atoms with van der Waals surface area (Å²) in [6.07, 6.45) is 4.99. The number of guanidine groups is 1. The van der Waals surface area contributed by atoms with Crippen LogP contribution in [0.2, 0.25) is 0 Å². The van der Waals surface area contributed by atoms with E-state index in [0.717, 1.165) is 18.1 Å². The van der Waals surface area contributed by atoms with Gasteiger partial charge in [-0.2, -0.15) is 5.10 Å². The summed E-state index contributed by atoms with van der Waals surface area (Å²) in [6, 6.07) is 6.39. The molecule has 0 radical (unpaired) electrons. The number of hydrogen-bond donors (Lipinski definition) is 1. The lowest BCUT2D eigenvalue weighted by atomic mass is 10.3. The first kappa shape index (κ1) is 24.2. The summed E-state index contributed by atoms with van der Waals surface area (Å²) in [6.45, 7) is 4.37. The summed E-state index contributed by atoms with van der Waals surface area (Å²) in [5, 5.41) is 7.44. The number of benzene rings is 1. The molecule has 10 heteroatoms. The lowest BCUT2D eigenvalue weighted by molar-refractivity contribution is 0.327. The smallest absolute Gasteiger partial charge is 0.194 e. The molecule has 1 N–H and O–H groups in total. The van der Waals surface area contributed by atoms with Crippen molar-refractivity contribution in [3.63, 3.8) is 0 Å². The highest BCUT2D eigenvalue weighted by atomic mass is 127. The summed E-state index contributed by atoms with van der Waals surface area (Å²) >= 11 is 0. The minimum Gasteiger partial charge on any atom is -0.492 e. The van der Waals surface area contributed by atoms with Crippen LogP contribution in [0.1, 0.15) is 12.5 Å². The Balaban J connectivity index is 0.00000392. The molecule has 0 spiro atoms. The second-order valence-electron chi connectivity index (χ2n) is 6.21. The Hall–Kier alpha value is -1.82. The van der Waals surface area contributed by atoms with E-state index in [4.69, 9.17) is 4.74 Å². The van der Waals surface area contributed by atoms with Crippen LogP contribution in [-0.4, -0.2) is 62.1 Å². The van der Waals surface area contributed by atoms with Crippen molar-refractivity contribution in [1.29, 1.82) is 0 Å². The molecule has 2 aromatic rings. The number of hydrogen-bond acceptors (Lipinski definition) is 5. The second-order valence-corrected chi connectivity index (χ2v) is 8.22. The molecule has 0 aliphatic rings. The molecule has 0 aliphatic carbocycles. The van der Waals surface area contributed by atoms with Gasteiger partial charge < -0.3 is 15.0 Å². The Bertz CT molecular complexity index is 866. The quantitative estimate of drug-likeness (QED) is 0.247. The number of rotatable bonds is 8. The molecule has 1 heterocycles. The zero-order valence-corrected chi connectivity index (χ0v) is 19.8. The van der Waals surface area contributed by atoms with Gasteiger partial charge in [-0.05, 0) is 31.2 Å². The van der Waals surface area contributed by atoms with Gasteiger partial charge in [-0.15, -0.1) is 24.0 Å². The fraction of sp³-hybridized carbons (Fsp3) is 0.444. The van der Waals surface area contributed by atoms with Crippen molar-refractivity contribution in [2.75, 3.05) is 33.0 Å². The van der Waals surface area contributed by atoms with Crippen molar-refractivity contribution in [3.05, 3.63) is 42.2 Å². The first-order valence-electron chi connectivity index (χ1n) is 8.69. The van der Waals surface area contributed by atoms with Gasteiger partial charge in [0.1, 0.15) is 12.4 Å². The van der Waals surface area contributed by atoms with E-state index < -0.39 is 9.84 Å². The van der Waals surface area contributed by atoms with Crippen molar-refractivity contribution >= 4 is 39.8 Å². The Morgan fingerprint density at radius 3 is 2.54 bits per heavy atom. The maximum atomic E-state index is 11.5. The molecular weight excluding hydrogens is 493 g/mol. The van der Waals surface area contributed by atoms with Crippen LogP contribution in [0.5, 0.6) is 5.75 Å². The summed E-state index contributed by atoms with van der Waals surface area (Å²) in [5.74, 6) is 1.41. The molecular formula is C18H28IN5O3S. The molecule has 2 rings (SSSR count). The average molecular weight is 521 g/mol. The van der Waals surface area contributed by atoms with Gasteiger partial charge in [0, 0.05) is 45.2 Å². The lowest BCUT2D eigenvalue weighted by Gasteiger charge is -2.21. The van der Waals surface area contributed by atoms with Crippen LogP contribution in [0, 0.1) is 0 Å². The van der Waals surface area contributed by atoms with Crippen molar-refractivity contribution in [2.24, 2.45) is 12.0 Å². The summed E-state index contributed by atoms with van der Waals surface area (Å²) < 4.78 is 30.3. The van der Waals surface area contributed by atoms with Crippen molar-refractivity contribution < 1.29 is 13.2 Å². The van der Waals surface area contributed by atoms with Gasteiger partial charge >= 0.3 is 0 Å². The highest BCUT2D eigenvalue weighted by Gasteiger charge is 2.08. The largest absolute Gasteiger partial charge is 0.492 e. The standard InChI is InChI=1S/C18H27N5O3S.HI/c1-5-19-18(22(2)13-15-12-21-23(3)14-15)20-10-11-26-16-6-8-17(9-7-16)27(4,24)25;/h6-9,12,14H,5,10-11,13H2,1-4H3,(H,19,20);1H. The molecule has 1 aromatic carbocycles. The number of aliphatic imine (C=N–C) groups is 1. The summed E-state index contributed by atoms with van der Waals surface area (Å²) in [4.78, 5) is 6.88. The van der Waals surface area contributed by atoms with E-state index in [0.29, 0.717) is 25.4 Å². The maximum Gasteiger partial charge on any atom is 0.194 e. The van der Waals surface area contributed by atoms with E-state index in [1.54, 1.807) is 28.9 Å². The Kier molecular flexibility index (Phi) is 9.73. The van der Waals surface area contributed by atoms with Gasteiger partial charge in [0.25, 0.3) is 0 Å². The van der Waals surface area contributed by atoms with E-state index in [2.05, 4.69) is 15.4 Å². The molecule has 0 atom stereocenters. The fourth-order valence-corrected chi connectivity index (χ4v) is 3.10. The van der Waals surface area contributed by atoms with E-state index in [1.807, 2.05) is 38.3 Å². The number of ether oxygens (including phenoxy) is 1. The van der Waals surface area contributed by atoms with Gasteiger partial charge in [0.05, 0.1) is 17.6 Å². The monoisotopic (exact) mass is 521 g/mol. The van der Waals surface area contributed by atoms with E-state index in [9.17, 15) is 8.42 Å². The first-order valence-corrected chi connectivity index (χ1v) is 10.6. The average Bonchev–Trinajstić information content (AvgIpc) is 3.02. The molecule has 0 fully saturated rings. The molecule has 0 saturated carbocycles. The molecule has 28 heavy (non-hydrogen) atoms. The minimum absolute atomic E-state index is 0. The van der Waals surface area contributed by atoms with Crippen LogP contribution in [0.25, 0.3) is 0 Å². The van der Waals surface area contributed by atoms with Gasteiger partial charge in [0.15, 0.2) is 15.8 Å². The van der Waals surface area contributed by atoms with Crippen molar-refractivity contribution in [1.82, 2.24) is 20.0 Å². The van der Waals surface area contributed by atoms with Gasteiger partial charge in [-0.1, -0.05) is 0 Å². The normalized spacial score (nSPS) is 11.6. The van der Waals surface area contributed by atoms with Gasteiger partial charge in [-0.3, -0.25) is 4.68 Å². The second kappa shape index (κ2) is 11.2. The molecule has 1 aromatic heterocycles. The maximum absolute atomic E-state index is 11.5. The highest BCUT2D eigenvalue weighted by molar-refractivity contribution is 14.0. The molecule has 156 valence electrons. The van der Waals surface area contributed by atoms with Crippen LogP contribution in [0.3, 0.4) is 0 Å².